The molecule has 2 heterocycles. The number of methoxy groups -OCH3 is 1. The van der Waals surface area contributed by atoms with Crippen LogP contribution in [0, 0.1) is 0 Å². The number of fused-ring (bicyclic) bond motifs is 1. The van der Waals surface area contributed by atoms with Gasteiger partial charge < -0.3 is 23.8 Å². The van der Waals surface area contributed by atoms with Gasteiger partial charge in [-0.05, 0) is 79.1 Å². The fourth-order valence-corrected chi connectivity index (χ4v) is 4.80. The zero-order valence-corrected chi connectivity index (χ0v) is 21.7. The summed E-state index contributed by atoms with van der Waals surface area (Å²) in [6, 6.07) is 14.7. The van der Waals surface area contributed by atoms with Crippen LogP contribution in [0.2, 0.25) is 0 Å². The lowest BCUT2D eigenvalue weighted by Crippen LogP contribution is -2.34. The summed E-state index contributed by atoms with van der Waals surface area (Å²) in [5, 5.41) is 0. The zero-order valence-electron chi connectivity index (χ0n) is 21.7. The van der Waals surface area contributed by atoms with Crippen molar-refractivity contribution >= 4 is 17.7 Å². The molecule has 0 amide bonds. The van der Waals surface area contributed by atoms with Crippen molar-refractivity contribution < 1.29 is 23.7 Å². The van der Waals surface area contributed by atoms with Gasteiger partial charge in [0.1, 0.15) is 12.4 Å². The molecule has 2 aliphatic rings. The molecule has 6 heteroatoms. The third-order valence-electron chi connectivity index (χ3n) is 6.79. The van der Waals surface area contributed by atoms with Crippen LogP contribution < -0.4 is 9.64 Å². The lowest BCUT2D eigenvalue weighted by molar-refractivity contribution is -0.136. The molecule has 194 valence electrons. The molecule has 1 saturated heterocycles. The van der Waals surface area contributed by atoms with E-state index < -0.39 is 0 Å². The van der Waals surface area contributed by atoms with E-state index >= 15 is 0 Å². The number of carbonyl (C=O) groups excluding carboxylic acids is 1. The Balaban J connectivity index is 1.52. The van der Waals surface area contributed by atoms with E-state index in [1.54, 1.807) is 0 Å². The molecule has 0 N–H and O–H groups in total. The van der Waals surface area contributed by atoms with E-state index in [9.17, 15) is 4.79 Å². The van der Waals surface area contributed by atoms with Crippen molar-refractivity contribution in [2.45, 2.75) is 51.6 Å². The van der Waals surface area contributed by atoms with Gasteiger partial charge in [-0.25, -0.2) is 4.79 Å². The lowest BCUT2D eigenvalue weighted by atomic mass is 9.96. The van der Waals surface area contributed by atoms with Crippen molar-refractivity contribution in [3.8, 4) is 16.9 Å². The molecule has 6 nitrogen and oxygen atoms in total. The molecule has 2 aromatic carbocycles. The van der Waals surface area contributed by atoms with Crippen molar-refractivity contribution in [2.75, 3.05) is 51.5 Å². The topological polar surface area (TPSA) is 57.2 Å². The van der Waals surface area contributed by atoms with Gasteiger partial charge in [-0.3, -0.25) is 0 Å². The van der Waals surface area contributed by atoms with Gasteiger partial charge in [0.15, 0.2) is 0 Å². The van der Waals surface area contributed by atoms with Gasteiger partial charge in [-0.2, -0.15) is 0 Å². The first kappa shape index (κ1) is 26.2. The zero-order chi connectivity index (χ0) is 25.2. The predicted molar refractivity (Wildman–Crippen MR) is 144 cm³/mol. The molecule has 36 heavy (non-hydrogen) atoms. The third-order valence-corrected chi connectivity index (χ3v) is 6.79. The van der Waals surface area contributed by atoms with Crippen molar-refractivity contribution in [1.29, 1.82) is 0 Å². The minimum Gasteiger partial charge on any atom is -0.491 e. The molecule has 1 atom stereocenters. The average molecular weight is 494 g/mol. The average Bonchev–Trinajstić information content (AvgIpc) is 3.41. The van der Waals surface area contributed by atoms with E-state index in [1.807, 2.05) is 18.2 Å². The highest BCUT2D eigenvalue weighted by molar-refractivity contribution is 5.95. The summed E-state index contributed by atoms with van der Waals surface area (Å²) < 4.78 is 22.4. The first-order chi connectivity index (χ1) is 17.7. The van der Waals surface area contributed by atoms with E-state index in [0.717, 1.165) is 92.1 Å². The van der Waals surface area contributed by atoms with Crippen LogP contribution in [-0.2, 0) is 19.0 Å². The Labute approximate surface area is 215 Å². The second-order valence-electron chi connectivity index (χ2n) is 9.46. The van der Waals surface area contributed by atoms with Crippen molar-refractivity contribution in [1.82, 2.24) is 0 Å². The molecular formula is C30H39NO5. The molecule has 1 fully saturated rings. The van der Waals surface area contributed by atoms with Crippen LogP contribution in [0.25, 0.3) is 17.2 Å². The summed E-state index contributed by atoms with van der Waals surface area (Å²) in [4.78, 5) is 14.8. The van der Waals surface area contributed by atoms with Gasteiger partial charge in [0.2, 0.25) is 0 Å². The number of benzene rings is 2. The predicted octanol–water partition coefficient (Wildman–Crippen LogP) is 5.88. The summed E-state index contributed by atoms with van der Waals surface area (Å²) in [6.07, 6.45) is 8.32. The number of anilines is 1. The molecule has 0 saturated carbocycles. The Kier molecular flexibility index (Phi) is 9.82. The van der Waals surface area contributed by atoms with E-state index in [2.05, 4.69) is 42.2 Å². The summed E-state index contributed by atoms with van der Waals surface area (Å²) >= 11 is 0. The Hall–Kier alpha value is -2.83. The Morgan fingerprint density at radius 2 is 1.89 bits per heavy atom. The monoisotopic (exact) mass is 493 g/mol. The van der Waals surface area contributed by atoms with E-state index in [1.165, 1.54) is 7.11 Å². The quantitative estimate of drug-likeness (QED) is 0.288. The van der Waals surface area contributed by atoms with Gasteiger partial charge in [0, 0.05) is 37.6 Å². The molecule has 2 aromatic rings. The number of unbranched alkanes of at least 4 members (excludes halogenated alkanes) is 1. The largest absolute Gasteiger partial charge is 0.491 e. The normalized spacial score (nSPS) is 17.7. The second kappa shape index (κ2) is 13.5. The molecular weight excluding hydrogens is 454 g/mol. The maximum absolute atomic E-state index is 12.4. The van der Waals surface area contributed by atoms with Gasteiger partial charge in [0.25, 0.3) is 0 Å². The molecule has 0 radical (unpaired) electrons. The Morgan fingerprint density at radius 1 is 1.06 bits per heavy atom. The molecule has 2 aliphatic heterocycles. The number of ether oxygens (including phenoxy) is 4. The van der Waals surface area contributed by atoms with E-state index in [4.69, 9.17) is 18.9 Å². The van der Waals surface area contributed by atoms with Crippen LogP contribution in [0.15, 0.2) is 48.0 Å². The summed E-state index contributed by atoms with van der Waals surface area (Å²) in [7, 11) is 1.45. The Morgan fingerprint density at radius 3 is 2.64 bits per heavy atom. The second-order valence-corrected chi connectivity index (χ2v) is 9.46. The molecule has 0 bridgehead atoms. The fourth-order valence-electron chi connectivity index (χ4n) is 4.80. The first-order valence-corrected chi connectivity index (χ1v) is 13.3. The SMILES string of the molecule is CCCCOCCOc1ccc(-c2ccc3c(c2)C=C(C(=O)OC)CCCN3C[C@H]2CCCO2)cc1. The summed E-state index contributed by atoms with van der Waals surface area (Å²) in [5.74, 6) is 0.582. The maximum Gasteiger partial charge on any atom is 0.333 e. The van der Waals surface area contributed by atoms with Crippen LogP contribution in [0.1, 0.15) is 51.0 Å². The minimum atomic E-state index is -0.251. The van der Waals surface area contributed by atoms with Crippen molar-refractivity contribution in [3.63, 3.8) is 0 Å². The van der Waals surface area contributed by atoms with Crippen molar-refractivity contribution in [2.24, 2.45) is 0 Å². The highest BCUT2D eigenvalue weighted by Gasteiger charge is 2.23. The fraction of sp³-hybridized carbons (Fsp3) is 0.500. The minimum absolute atomic E-state index is 0.251. The number of carbonyl (C=O) groups is 1. The molecule has 0 aromatic heterocycles. The van der Waals surface area contributed by atoms with Crippen LogP contribution in [-0.4, -0.2) is 58.7 Å². The lowest BCUT2D eigenvalue weighted by Gasteiger charge is -2.31. The highest BCUT2D eigenvalue weighted by atomic mass is 16.5. The third kappa shape index (κ3) is 7.11. The van der Waals surface area contributed by atoms with Gasteiger partial charge >= 0.3 is 5.97 Å². The Bertz CT molecular complexity index is 1010. The van der Waals surface area contributed by atoms with Crippen LogP contribution in [0.5, 0.6) is 5.75 Å². The molecule has 4 rings (SSSR count). The van der Waals surface area contributed by atoms with Gasteiger partial charge in [0.05, 0.1) is 19.8 Å². The van der Waals surface area contributed by atoms with E-state index in [-0.39, 0.29) is 12.1 Å². The molecule has 0 aliphatic carbocycles. The number of rotatable bonds is 11. The number of hydrogen-bond acceptors (Lipinski definition) is 6. The number of nitrogens with zero attached hydrogens (tertiary/aromatic N) is 1. The maximum atomic E-state index is 12.4. The number of hydrogen-bond donors (Lipinski definition) is 0. The van der Waals surface area contributed by atoms with Crippen LogP contribution in [0.3, 0.4) is 0 Å². The number of esters is 1. The first-order valence-electron chi connectivity index (χ1n) is 13.3. The van der Waals surface area contributed by atoms with Crippen LogP contribution >= 0.6 is 0 Å². The highest BCUT2D eigenvalue weighted by Crippen LogP contribution is 2.33. The van der Waals surface area contributed by atoms with Gasteiger partial charge in [-0.15, -0.1) is 0 Å². The molecule has 0 unspecified atom stereocenters. The smallest absolute Gasteiger partial charge is 0.333 e. The van der Waals surface area contributed by atoms with Crippen molar-refractivity contribution in [3.05, 3.63) is 53.6 Å². The van der Waals surface area contributed by atoms with Crippen LogP contribution in [0.4, 0.5) is 5.69 Å². The van der Waals surface area contributed by atoms with E-state index in [0.29, 0.717) is 19.6 Å². The summed E-state index contributed by atoms with van der Waals surface area (Å²) in [6.45, 7) is 6.70. The van der Waals surface area contributed by atoms with Gasteiger partial charge in [-0.1, -0.05) is 31.5 Å². The molecule has 0 spiro atoms. The standard InChI is InChI=1S/C30H39NO5/c1-3-4-16-34-18-19-36-27-12-9-23(10-13-27)24-11-14-29-26(20-24)21-25(30(32)33-2)7-5-15-31(29)22-28-8-6-17-35-28/h9-14,20-21,28H,3-8,15-19,22H2,1-2H3/t28-/m1/s1. The summed E-state index contributed by atoms with van der Waals surface area (Å²) in [5.41, 5.74) is 5.09.